The number of fused-ring (bicyclic) bond motifs is 2. The first-order chi connectivity index (χ1) is 18.3. The minimum absolute atomic E-state index is 0.0520. The number of β-amino-alcohol motifs (C(OH)–C–C–N with tert-alkyl or cyclic N) is 2. The van der Waals surface area contributed by atoms with E-state index in [1.165, 1.54) is 0 Å². The lowest BCUT2D eigenvalue weighted by atomic mass is 9.92. The SMILES string of the molecule is C=C(c1ccc(C(=C)c2ccc3c(c2)C(=O)N(CCO)C3=O)cc1)c1ccc2c(c1)C(=O)N(CCO)C2=O. The Morgan fingerprint density at radius 1 is 0.526 bits per heavy atom. The van der Waals surface area contributed by atoms with Gasteiger partial charge in [-0.25, -0.2) is 0 Å². The quantitative estimate of drug-likeness (QED) is 0.452. The maximum atomic E-state index is 12.6. The van der Waals surface area contributed by atoms with Crippen molar-refractivity contribution in [1.82, 2.24) is 9.80 Å². The van der Waals surface area contributed by atoms with Gasteiger partial charge in [0.25, 0.3) is 23.6 Å². The van der Waals surface area contributed by atoms with Crippen LogP contribution in [0.4, 0.5) is 0 Å². The molecule has 0 bridgehead atoms. The molecule has 8 heteroatoms. The molecule has 0 aliphatic carbocycles. The number of benzene rings is 3. The average molecular weight is 509 g/mol. The van der Waals surface area contributed by atoms with Crippen molar-refractivity contribution < 1.29 is 29.4 Å². The maximum Gasteiger partial charge on any atom is 0.261 e. The molecule has 3 aromatic rings. The number of rotatable bonds is 8. The van der Waals surface area contributed by atoms with Crippen molar-refractivity contribution in [3.8, 4) is 0 Å². The zero-order valence-electron chi connectivity index (χ0n) is 20.4. The highest BCUT2D eigenvalue weighted by Crippen LogP contribution is 2.32. The molecule has 38 heavy (non-hydrogen) atoms. The summed E-state index contributed by atoms with van der Waals surface area (Å²) in [5.74, 6) is -1.71. The minimum atomic E-state index is -0.436. The molecule has 0 saturated carbocycles. The van der Waals surface area contributed by atoms with Crippen molar-refractivity contribution in [2.75, 3.05) is 26.3 Å². The molecule has 0 aromatic heterocycles. The zero-order valence-corrected chi connectivity index (χ0v) is 20.4. The van der Waals surface area contributed by atoms with E-state index in [9.17, 15) is 19.2 Å². The molecule has 0 spiro atoms. The van der Waals surface area contributed by atoms with Crippen LogP contribution < -0.4 is 0 Å². The van der Waals surface area contributed by atoms with Crippen LogP contribution >= 0.6 is 0 Å². The van der Waals surface area contributed by atoms with Gasteiger partial charge in [-0.15, -0.1) is 0 Å². The van der Waals surface area contributed by atoms with E-state index in [1.54, 1.807) is 36.4 Å². The largest absolute Gasteiger partial charge is 0.395 e. The Bertz CT molecular complexity index is 1440. The first-order valence-electron chi connectivity index (χ1n) is 12.0. The third kappa shape index (κ3) is 3.96. The van der Waals surface area contributed by atoms with Gasteiger partial charge in [-0.2, -0.15) is 0 Å². The molecule has 2 N–H and O–H groups in total. The summed E-state index contributed by atoms with van der Waals surface area (Å²) in [4.78, 5) is 52.2. The summed E-state index contributed by atoms with van der Waals surface area (Å²) in [5, 5.41) is 18.3. The van der Waals surface area contributed by atoms with Gasteiger partial charge in [-0.1, -0.05) is 49.6 Å². The predicted octanol–water partition coefficient (Wildman–Crippen LogP) is 2.99. The molecule has 3 aromatic carbocycles. The highest BCUT2D eigenvalue weighted by molar-refractivity contribution is 6.22. The Morgan fingerprint density at radius 3 is 1.18 bits per heavy atom. The third-order valence-corrected chi connectivity index (χ3v) is 6.87. The molecule has 8 nitrogen and oxygen atoms in total. The van der Waals surface area contributed by atoms with Crippen LogP contribution in [0.25, 0.3) is 11.1 Å². The van der Waals surface area contributed by atoms with Crippen molar-refractivity contribution in [3.05, 3.63) is 118 Å². The van der Waals surface area contributed by atoms with Crippen LogP contribution in [-0.4, -0.2) is 69.9 Å². The number of nitrogens with zero attached hydrogens (tertiary/aromatic N) is 2. The molecule has 0 fully saturated rings. The summed E-state index contributed by atoms with van der Waals surface area (Å²) in [6, 6.07) is 17.4. The van der Waals surface area contributed by atoms with E-state index in [-0.39, 0.29) is 37.4 Å². The Hall–Kier alpha value is -4.66. The lowest BCUT2D eigenvalue weighted by Gasteiger charge is -2.11. The Morgan fingerprint density at radius 2 is 0.842 bits per heavy atom. The molecule has 190 valence electrons. The Balaban J connectivity index is 1.36. The number of hydrogen-bond donors (Lipinski definition) is 2. The summed E-state index contributed by atoms with van der Waals surface area (Å²) in [6.07, 6.45) is 0. The standard InChI is InChI=1S/C30H24N2O6/c1-17(21-7-9-23-25(15-21)29(37)31(11-13-33)27(23)35)19-3-5-20(6-4-19)18(2)22-8-10-24-26(16-22)30(38)32(12-14-34)28(24)36/h3-10,15-16,33-34H,1-2,11-14H2. The van der Waals surface area contributed by atoms with E-state index < -0.39 is 23.6 Å². The number of imide groups is 2. The fraction of sp³-hybridized carbons (Fsp3) is 0.133. The molecule has 2 heterocycles. The molecule has 2 aliphatic rings. The van der Waals surface area contributed by atoms with Crippen molar-refractivity contribution >= 4 is 34.8 Å². The molecule has 0 radical (unpaired) electrons. The molecule has 4 amide bonds. The van der Waals surface area contributed by atoms with Gasteiger partial charge in [0.2, 0.25) is 0 Å². The number of amides is 4. The van der Waals surface area contributed by atoms with Crippen molar-refractivity contribution in [3.63, 3.8) is 0 Å². The number of carbonyl (C=O) groups is 4. The Kier molecular flexibility index (Phi) is 6.36. The van der Waals surface area contributed by atoms with E-state index in [2.05, 4.69) is 13.2 Å². The van der Waals surface area contributed by atoms with Gasteiger partial charge in [0.15, 0.2) is 0 Å². The third-order valence-electron chi connectivity index (χ3n) is 6.87. The van der Waals surface area contributed by atoms with Crippen LogP contribution in [0.5, 0.6) is 0 Å². The van der Waals surface area contributed by atoms with Crippen LogP contribution in [0.2, 0.25) is 0 Å². The number of carbonyl (C=O) groups excluding carboxylic acids is 4. The first kappa shape index (κ1) is 25.0. The lowest BCUT2D eigenvalue weighted by molar-refractivity contribution is 0.0610. The summed E-state index contributed by atoms with van der Waals surface area (Å²) >= 11 is 0. The van der Waals surface area contributed by atoms with E-state index in [4.69, 9.17) is 10.2 Å². The Labute approximate surface area is 218 Å². The first-order valence-corrected chi connectivity index (χ1v) is 12.0. The van der Waals surface area contributed by atoms with Crippen molar-refractivity contribution in [1.29, 1.82) is 0 Å². The second-order valence-electron chi connectivity index (χ2n) is 9.03. The monoisotopic (exact) mass is 508 g/mol. The molecule has 0 saturated heterocycles. The highest BCUT2D eigenvalue weighted by atomic mass is 16.3. The summed E-state index contributed by atoms with van der Waals surface area (Å²) in [5.41, 5.74) is 5.51. The molecule has 5 rings (SSSR count). The van der Waals surface area contributed by atoms with Gasteiger partial charge in [0.05, 0.1) is 48.6 Å². The average Bonchev–Trinajstić information content (AvgIpc) is 3.32. The molecule has 2 aliphatic heterocycles. The van der Waals surface area contributed by atoms with Crippen molar-refractivity contribution in [2.24, 2.45) is 0 Å². The van der Waals surface area contributed by atoms with Crippen LogP contribution in [0.3, 0.4) is 0 Å². The second-order valence-corrected chi connectivity index (χ2v) is 9.03. The normalized spacial score (nSPS) is 14.3. The van der Waals surface area contributed by atoms with Gasteiger partial charge in [0.1, 0.15) is 0 Å². The predicted molar refractivity (Wildman–Crippen MR) is 141 cm³/mol. The van der Waals surface area contributed by atoms with Crippen molar-refractivity contribution in [2.45, 2.75) is 0 Å². The smallest absolute Gasteiger partial charge is 0.261 e. The van der Waals surface area contributed by atoms with E-state index in [0.29, 0.717) is 33.4 Å². The van der Waals surface area contributed by atoms with Gasteiger partial charge in [-0.05, 0) is 57.7 Å². The van der Waals surface area contributed by atoms with Crippen LogP contribution in [0, 0.1) is 0 Å². The van der Waals surface area contributed by atoms with E-state index in [0.717, 1.165) is 20.9 Å². The van der Waals surface area contributed by atoms with Gasteiger partial charge < -0.3 is 10.2 Å². The summed E-state index contributed by atoms with van der Waals surface area (Å²) < 4.78 is 0. The molecular formula is C30H24N2O6. The van der Waals surface area contributed by atoms with Gasteiger partial charge in [0, 0.05) is 0 Å². The molecule has 0 atom stereocenters. The fourth-order valence-corrected chi connectivity index (χ4v) is 4.77. The number of aliphatic hydroxyl groups excluding tert-OH is 2. The van der Waals surface area contributed by atoms with Crippen LogP contribution in [-0.2, 0) is 0 Å². The summed E-state index contributed by atoms with van der Waals surface area (Å²) in [6.45, 7) is 7.63. The van der Waals surface area contributed by atoms with Crippen LogP contribution in [0.15, 0.2) is 73.8 Å². The molecular weight excluding hydrogens is 484 g/mol. The zero-order chi connectivity index (χ0) is 27.1. The number of hydrogen-bond acceptors (Lipinski definition) is 6. The highest BCUT2D eigenvalue weighted by Gasteiger charge is 2.36. The van der Waals surface area contributed by atoms with E-state index in [1.807, 2.05) is 24.3 Å². The second kappa shape index (κ2) is 9.66. The minimum Gasteiger partial charge on any atom is -0.395 e. The molecule has 0 unspecified atom stereocenters. The van der Waals surface area contributed by atoms with E-state index >= 15 is 0 Å². The topological polar surface area (TPSA) is 115 Å². The number of aliphatic hydroxyl groups is 2. The van der Waals surface area contributed by atoms with Crippen LogP contribution in [0.1, 0.15) is 63.7 Å². The lowest BCUT2D eigenvalue weighted by Crippen LogP contribution is -2.32. The summed E-state index contributed by atoms with van der Waals surface area (Å²) in [7, 11) is 0. The fourth-order valence-electron chi connectivity index (χ4n) is 4.77. The van der Waals surface area contributed by atoms with Gasteiger partial charge in [-0.3, -0.25) is 29.0 Å². The van der Waals surface area contributed by atoms with Gasteiger partial charge >= 0.3 is 0 Å². The maximum absolute atomic E-state index is 12.6.